The number of hydrogen-bond donors (Lipinski definition) is 1. The molecule has 4 rings (SSSR count). The number of carbonyl (C=O) groups is 2. The lowest BCUT2D eigenvalue weighted by Gasteiger charge is -2.26. The fourth-order valence-electron chi connectivity index (χ4n) is 3.92. The predicted octanol–water partition coefficient (Wildman–Crippen LogP) is 5.65. The van der Waals surface area contributed by atoms with Crippen LogP contribution in [0, 0.1) is 6.92 Å². The fraction of sp³-hybridized carbons (Fsp3) is 0.154. The van der Waals surface area contributed by atoms with Crippen molar-refractivity contribution in [3.63, 3.8) is 0 Å². The summed E-state index contributed by atoms with van der Waals surface area (Å²) in [7, 11) is 1.44. The van der Waals surface area contributed by atoms with Crippen molar-refractivity contribution in [3.8, 4) is 5.75 Å². The molecule has 0 spiro atoms. The lowest BCUT2D eigenvalue weighted by atomic mass is 9.94. The Morgan fingerprint density at radius 3 is 2.29 bits per heavy atom. The average molecular weight is 467 g/mol. The van der Waals surface area contributed by atoms with Crippen molar-refractivity contribution < 1.29 is 32.6 Å². The van der Waals surface area contributed by atoms with Gasteiger partial charge in [0.1, 0.15) is 11.5 Å². The second kappa shape index (κ2) is 8.70. The molecule has 1 atom stereocenters. The summed E-state index contributed by atoms with van der Waals surface area (Å²) in [5.41, 5.74) is 0.317. The summed E-state index contributed by atoms with van der Waals surface area (Å²) in [6.07, 6.45) is -4.64. The Bertz CT molecular complexity index is 1300. The van der Waals surface area contributed by atoms with Gasteiger partial charge >= 0.3 is 6.18 Å². The molecule has 0 bridgehead atoms. The van der Waals surface area contributed by atoms with Crippen molar-refractivity contribution in [2.75, 3.05) is 12.0 Å². The molecule has 1 amide bonds. The first-order valence-corrected chi connectivity index (χ1v) is 10.3. The maximum atomic E-state index is 13.4. The standard InChI is InChI=1S/C26H20F3NO4/c1-15-9-11-16(12-10-15)23(31)21-22(17-5-3-8-20(13-17)34-2)30(25(33)24(21)32)19-7-4-6-18(14-19)26(27,28)29/h3-14,22,31H,1-2H3/b23-21+. The number of aryl methyl sites for hydroxylation is 1. The largest absolute Gasteiger partial charge is 0.507 e. The topological polar surface area (TPSA) is 66.8 Å². The molecule has 8 heteroatoms. The minimum absolute atomic E-state index is 0.118. The van der Waals surface area contributed by atoms with Crippen molar-refractivity contribution >= 4 is 23.1 Å². The zero-order chi connectivity index (χ0) is 24.6. The monoisotopic (exact) mass is 467 g/mol. The molecule has 0 radical (unpaired) electrons. The summed E-state index contributed by atoms with van der Waals surface area (Å²) in [5, 5.41) is 11.1. The molecule has 1 heterocycles. The number of methoxy groups -OCH3 is 1. The number of alkyl halides is 3. The molecule has 0 aliphatic carbocycles. The van der Waals surface area contributed by atoms with Crippen LogP contribution in [0.25, 0.3) is 5.76 Å². The maximum absolute atomic E-state index is 13.4. The van der Waals surface area contributed by atoms with Crippen LogP contribution in [0.2, 0.25) is 0 Å². The third kappa shape index (κ3) is 4.14. The van der Waals surface area contributed by atoms with Crippen LogP contribution in [0.5, 0.6) is 5.75 Å². The molecular formula is C26H20F3NO4. The number of aliphatic hydroxyl groups excluding tert-OH is 1. The van der Waals surface area contributed by atoms with Crippen LogP contribution in [-0.2, 0) is 15.8 Å². The van der Waals surface area contributed by atoms with Gasteiger partial charge in [0.25, 0.3) is 11.7 Å². The third-order valence-electron chi connectivity index (χ3n) is 5.63. The van der Waals surface area contributed by atoms with E-state index in [9.17, 15) is 27.9 Å². The van der Waals surface area contributed by atoms with Gasteiger partial charge in [0.05, 0.1) is 24.3 Å². The van der Waals surface area contributed by atoms with Gasteiger partial charge in [0, 0.05) is 11.3 Å². The lowest BCUT2D eigenvalue weighted by Crippen LogP contribution is -2.29. The van der Waals surface area contributed by atoms with Crippen molar-refractivity contribution in [1.82, 2.24) is 0 Å². The summed E-state index contributed by atoms with van der Waals surface area (Å²) in [4.78, 5) is 27.2. The van der Waals surface area contributed by atoms with E-state index in [2.05, 4.69) is 0 Å². The number of aliphatic hydroxyl groups is 1. The Kier molecular flexibility index (Phi) is 5.91. The van der Waals surface area contributed by atoms with Crippen LogP contribution < -0.4 is 9.64 Å². The molecule has 1 saturated heterocycles. The van der Waals surface area contributed by atoms with Crippen LogP contribution in [-0.4, -0.2) is 23.9 Å². The van der Waals surface area contributed by atoms with E-state index < -0.39 is 35.2 Å². The summed E-state index contributed by atoms with van der Waals surface area (Å²) in [5.74, 6) is -2.03. The summed E-state index contributed by atoms with van der Waals surface area (Å²) >= 11 is 0. The number of carbonyl (C=O) groups excluding carboxylic acids is 2. The summed E-state index contributed by atoms with van der Waals surface area (Å²) in [6.45, 7) is 1.85. The van der Waals surface area contributed by atoms with Crippen molar-refractivity contribution in [2.45, 2.75) is 19.1 Å². The molecule has 1 fully saturated rings. The molecule has 174 valence electrons. The van der Waals surface area contributed by atoms with Crippen molar-refractivity contribution in [2.24, 2.45) is 0 Å². The van der Waals surface area contributed by atoms with Gasteiger partial charge in [-0.15, -0.1) is 0 Å². The van der Waals surface area contributed by atoms with E-state index in [0.29, 0.717) is 16.9 Å². The number of amides is 1. The van der Waals surface area contributed by atoms with E-state index in [4.69, 9.17) is 4.74 Å². The number of hydrogen-bond acceptors (Lipinski definition) is 4. The highest BCUT2D eigenvalue weighted by atomic mass is 19.4. The zero-order valence-electron chi connectivity index (χ0n) is 18.3. The number of ether oxygens (including phenoxy) is 1. The van der Waals surface area contributed by atoms with Gasteiger partial charge in [-0.1, -0.05) is 48.0 Å². The minimum atomic E-state index is -4.64. The number of benzene rings is 3. The van der Waals surface area contributed by atoms with Crippen LogP contribution in [0.1, 0.15) is 28.3 Å². The van der Waals surface area contributed by atoms with E-state index in [-0.39, 0.29) is 11.3 Å². The molecule has 3 aromatic carbocycles. The number of halogens is 3. The molecule has 3 aromatic rings. The molecule has 1 N–H and O–H groups in total. The van der Waals surface area contributed by atoms with Crippen LogP contribution in [0.3, 0.4) is 0 Å². The van der Waals surface area contributed by atoms with Gasteiger partial charge in [-0.2, -0.15) is 13.2 Å². The van der Waals surface area contributed by atoms with E-state index in [1.165, 1.54) is 19.2 Å². The van der Waals surface area contributed by atoms with Crippen LogP contribution in [0.15, 0.2) is 78.4 Å². The molecule has 1 unspecified atom stereocenters. The van der Waals surface area contributed by atoms with Gasteiger partial charge in [0.15, 0.2) is 0 Å². The fourth-order valence-corrected chi connectivity index (χ4v) is 3.92. The Morgan fingerprint density at radius 1 is 0.971 bits per heavy atom. The van der Waals surface area contributed by atoms with Gasteiger partial charge in [-0.3, -0.25) is 14.5 Å². The second-order valence-electron chi connectivity index (χ2n) is 7.86. The van der Waals surface area contributed by atoms with E-state index in [0.717, 1.165) is 22.6 Å². The number of nitrogens with zero attached hydrogens (tertiary/aromatic N) is 1. The molecule has 1 aliphatic heterocycles. The molecule has 1 aliphatic rings. The second-order valence-corrected chi connectivity index (χ2v) is 7.86. The molecule has 34 heavy (non-hydrogen) atoms. The van der Waals surface area contributed by atoms with Crippen molar-refractivity contribution in [1.29, 1.82) is 0 Å². The Labute approximate surface area is 193 Å². The first-order valence-electron chi connectivity index (χ1n) is 10.3. The zero-order valence-corrected chi connectivity index (χ0v) is 18.3. The smallest absolute Gasteiger partial charge is 0.416 e. The highest BCUT2D eigenvalue weighted by molar-refractivity contribution is 6.51. The van der Waals surface area contributed by atoms with Crippen LogP contribution in [0.4, 0.5) is 18.9 Å². The van der Waals surface area contributed by atoms with Gasteiger partial charge < -0.3 is 9.84 Å². The molecule has 0 aromatic heterocycles. The Morgan fingerprint density at radius 2 is 1.65 bits per heavy atom. The van der Waals surface area contributed by atoms with Crippen LogP contribution >= 0.6 is 0 Å². The van der Waals surface area contributed by atoms with Gasteiger partial charge in [-0.05, 0) is 42.8 Å². The molecule has 0 saturated carbocycles. The van der Waals surface area contributed by atoms with E-state index >= 15 is 0 Å². The quantitative estimate of drug-likeness (QED) is 0.306. The maximum Gasteiger partial charge on any atom is 0.416 e. The summed E-state index contributed by atoms with van der Waals surface area (Å²) in [6, 6.07) is 16.2. The minimum Gasteiger partial charge on any atom is -0.507 e. The Balaban J connectivity index is 1.96. The van der Waals surface area contributed by atoms with Gasteiger partial charge in [-0.25, -0.2) is 0 Å². The Hall–Kier alpha value is -4.07. The number of anilines is 1. The van der Waals surface area contributed by atoms with Crippen molar-refractivity contribution in [3.05, 3.63) is 101 Å². The first-order chi connectivity index (χ1) is 16.1. The highest BCUT2D eigenvalue weighted by Crippen LogP contribution is 2.44. The van der Waals surface area contributed by atoms with E-state index in [1.807, 2.05) is 6.92 Å². The summed E-state index contributed by atoms with van der Waals surface area (Å²) < 4.78 is 45.4. The third-order valence-corrected chi connectivity index (χ3v) is 5.63. The first kappa shape index (κ1) is 23.1. The van der Waals surface area contributed by atoms with Gasteiger partial charge in [0.2, 0.25) is 0 Å². The highest BCUT2D eigenvalue weighted by Gasteiger charge is 2.47. The predicted molar refractivity (Wildman–Crippen MR) is 120 cm³/mol. The lowest BCUT2D eigenvalue weighted by molar-refractivity contribution is -0.137. The molecule has 5 nitrogen and oxygen atoms in total. The van der Waals surface area contributed by atoms with E-state index in [1.54, 1.807) is 48.5 Å². The molecular weight excluding hydrogens is 447 g/mol. The average Bonchev–Trinajstić information content (AvgIpc) is 3.09. The number of ketones is 1. The SMILES string of the molecule is COc1cccc(C2/C(=C(\O)c3ccc(C)cc3)C(=O)C(=O)N2c2cccc(C(F)(F)F)c2)c1. The number of rotatable bonds is 4. The number of Topliss-reactive ketones (excluding diaryl/α,β-unsaturated/α-hetero) is 1. The normalized spacial score (nSPS) is 17.8.